The summed E-state index contributed by atoms with van der Waals surface area (Å²) in [5.41, 5.74) is 1.10. The van der Waals surface area contributed by atoms with Gasteiger partial charge in [0.1, 0.15) is 0 Å². The van der Waals surface area contributed by atoms with E-state index in [9.17, 15) is 0 Å². The lowest BCUT2D eigenvalue weighted by atomic mass is 10.3. The van der Waals surface area contributed by atoms with E-state index in [1.54, 1.807) is 0 Å². The Balaban J connectivity index is 1.93. The zero-order valence-electron chi connectivity index (χ0n) is 7.99. The topological polar surface area (TPSA) is 22.1 Å². The number of pyridine rings is 1. The van der Waals surface area contributed by atoms with Gasteiger partial charge in [-0.1, -0.05) is 13.0 Å². The van der Waals surface area contributed by atoms with Crippen LogP contribution in [0.1, 0.15) is 25.5 Å². The molecule has 0 saturated heterocycles. The first-order valence-electron chi connectivity index (χ1n) is 4.97. The van der Waals surface area contributed by atoms with Gasteiger partial charge in [0.25, 0.3) is 0 Å². The molecular formula is C11H15NO. The minimum Gasteiger partial charge on any atom is -0.477 e. The normalized spacial score (nSPS) is 15.8. The van der Waals surface area contributed by atoms with Gasteiger partial charge in [0, 0.05) is 11.8 Å². The van der Waals surface area contributed by atoms with Crippen LogP contribution in [0.15, 0.2) is 18.2 Å². The lowest BCUT2D eigenvalue weighted by Gasteiger charge is -2.04. The second-order valence-electron chi connectivity index (χ2n) is 3.58. The summed E-state index contributed by atoms with van der Waals surface area (Å²) in [5.74, 6) is 1.58. The Kier molecular flexibility index (Phi) is 2.48. The van der Waals surface area contributed by atoms with Crippen LogP contribution in [0.4, 0.5) is 0 Å². The minimum absolute atomic E-state index is 0.784. The van der Waals surface area contributed by atoms with E-state index in [-0.39, 0.29) is 0 Å². The highest BCUT2D eigenvalue weighted by atomic mass is 16.5. The molecule has 1 aliphatic carbocycles. The summed E-state index contributed by atoms with van der Waals surface area (Å²) in [6.45, 7) is 2.95. The molecule has 70 valence electrons. The Morgan fingerprint density at radius 1 is 1.46 bits per heavy atom. The van der Waals surface area contributed by atoms with Crippen molar-refractivity contribution in [1.29, 1.82) is 0 Å². The molecule has 0 unspecified atom stereocenters. The third-order valence-corrected chi connectivity index (χ3v) is 2.31. The van der Waals surface area contributed by atoms with Crippen molar-refractivity contribution in [3.63, 3.8) is 0 Å². The lowest BCUT2D eigenvalue weighted by molar-refractivity contribution is 0.288. The Hall–Kier alpha value is -1.05. The summed E-state index contributed by atoms with van der Waals surface area (Å²) in [7, 11) is 0. The molecule has 0 bridgehead atoms. The van der Waals surface area contributed by atoms with Crippen LogP contribution < -0.4 is 4.74 Å². The first-order valence-corrected chi connectivity index (χ1v) is 4.97. The van der Waals surface area contributed by atoms with Crippen molar-refractivity contribution in [2.45, 2.75) is 26.2 Å². The van der Waals surface area contributed by atoms with Gasteiger partial charge in [0.2, 0.25) is 5.88 Å². The summed E-state index contributed by atoms with van der Waals surface area (Å²) in [5, 5.41) is 0. The van der Waals surface area contributed by atoms with Crippen molar-refractivity contribution in [3.05, 3.63) is 23.9 Å². The van der Waals surface area contributed by atoms with E-state index in [0.29, 0.717) is 0 Å². The molecule has 2 nitrogen and oxygen atoms in total. The van der Waals surface area contributed by atoms with Crippen molar-refractivity contribution < 1.29 is 4.74 Å². The summed E-state index contributed by atoms with van der Waals surface area (Å²) in [6, 6.07) is 5.97. The van der Waals surface area contributed by atoms with Crippen molar-refractivity contribution in [2.75, 3.05) is 6.61 Å². The van der Waals surface area contributed by atoms with E-state index < -0.39 is 0 Å². The standard InChI is InChI=1S/C11H15NO/c1-2-10-4-3-5-11(12-10)13-8-9-6-7-9/h3-5,9H,2,6-8H2,1H3. The first-order chi connectivity index (χ1) is 6.38. The zero-order chi connectivity index (χ0) is 9.10. The van der Waals surface area contributed by atoms with Gasteiger partial charge < -0.3 is 4.74 Å². The van der Waals surface area contributed by atoms with Gasteiger partial charge in [0.05, 0.1) is 6.61 Å². The number of nitrogens with zero attached hydrogens (tertiary/aromatic N) is 1. The fraction of sp³-hybridized carbons (Fsp3) is 0.545. The average molecular weight is 177 g/mol. The van der Waals surface area contributed by atoms with Gasteiger partial charge in [-0.3, -0.25) is 0 Å². The lowest BCUT2D eigenvalue weighted by Crippen LogP contribution is -2.01. The fourth-order valence-electron chi connectivity index (χ4n) is 1.22. The number of aryl methyl sites for hydroxylation is 1. The second kappa shape index (κ2) is 3.77. The van der Waals surface area contributed by atoms with Gasteiger partial charge in [-0.05, 0) is 31.2 Å². The van der Waals surface area contributed by atoms with Crippen molar-refractivity contribution in [3.8, 4) is 5.88 Å². The molecular weight excluding hydrogens is 162 g/mol. The highest BCUT2D eigenvalue weighted by Crippen LogP contribution is 2.29. The number of ether oxygens (including phenoxy) is 1. The van der Waals surface area contributed by atoms with E-state index in [2.05, 4.69) is 11.9 Å². The van der Waals surface area contributed by atoms with Crippen LogP contribution in [-0.4, -0.2) is 11.6 Å². The number of hydrogen-bond acceptors (Lipinski definition) is 2. The highest BCUT2D eigenvalue weighted by molar-refractivity contribution is 5.15. The van der Waals surface area contributed by atoms with E-state index in [1.165, 1.54) is 12.8 Å². The predicted molar refractivity (Wildman–Crippen MR) is 51.8 cm³/mol. The van der Waals surface area contributed by atoms with E-state index in [0.717, 1.165) is 30.5 Å². The van der Waals surface area contributed by atoms with Gasteiger partial charge >= 0.3 is 0 Å². The van der Waals surface area contributed by atoms with Gasteiger partial charge in [-0.25, -0.2) is 4.98 Å². The van der Waals surface area contributed by atoms with E-state index >= 15 is 0 Å². The van der Waals surface area contributed by atoms with Crippen molar-refractivity contribution >= 4 is 0 Å². The molecule has 2 rings (SSSR count). The molecule has 0 aliphatic heterocycles. The quantitative estimate of drug-likeness (QED) is 0.704. The van der Waals surface area contributed by atoms with Gasteiger partial charge in [-0.15, -0.1) is 0 Å². The number of hydrogen-bond donors (Lipinski definition) is 0. The Bertz CT molecular complexity index is 281. The molecule has 1 saturated carbocycles. The largest absolute Gasteiger partial charge is 0.477 e. The zero-order valence-corrected chi connectivity index (χ0v) is 7.99. The van der Waals surface area contributed by atoms with Crippen molar-refractivity contribution in [2.24, 2.45) is 5.92 Å². The molecule has 0 aromatic carbocycles. The van der Waals surface area contributed by atoms with E-state index in [4.69, 9.17) is 4.74 Å². The molecule has 0 amide bonds. The molecule has 0 N–H and O–H groups in total. The Morgan fingerprint density at radius 3 is 3.00 bits per heavy atom. The van der Waals surface area contributed by atoms with Crippen LogP contribution in [0, 0.1) is 5.92 Å². The van der Waals surface area contributed by atoms with Crippen LogP contribution in [0.25, 0.3) is 0 Å². The smallest absolute Gasteiger partial charge is 0.213 e. The molecule has 1 fully saturated rings. The summed E-state index contributed by atoms with van der Waals surface area (Å²) in [6.07, 6.45) is 3.63. The SMILES string of the molecule is CCc1cccc(OCC2CC2)n1. The first kappa shape index (κ1) is 8.54. The number of aromatic nitrogens is 1. The average Bonchev–Trinajstić information content (AvgIpc) is 2.99. The van der Waals surface area contributed by atoms with Crippen LogP contribution in [0.3, 0.4) is 0 Å². The second-order valence-corrected chi connectivity index (χ2v) is 3.58. The summed E-state index contributed by atoms with van der Waals surface area (Å²) in [4.78, 5) is 4.37. The third kappa shape index (κ3) is 2.44. The minimum atomic E-state index is 0.784. The maximum atomic E-state index is 5.56. The monoisotopic (exact) mass is 177 g/mol. The fourth-order valence-corrected chi connectivity index (χ4v) is 1.22. The van der Waals surface area contributed by atoms with Gasteiger partial charge in [0.15, 0.2) is 0 Å². The van der Waals surface area contributed by atoms with Crippen LogP contribution >= 0.6 is 0 Å². The molecule has 1 aliphatic rings. The highest BCUT2D eigenvalue weighted by Gasteiger charge is 2.21. The predicted octanol–water partition coefficient (Wildman–Crippen LogP) is 2.43. The molecule has 0 radical (unpaired) electrons. The Morgan fingerprint density at radius 2 is 2.31 bits per heavy atom. The van der Waals surface area contributed by atoms with E-state index in [1.807, 2.05) is 18.2 Å². The van der Waals surface area contributed by atoms with Crippen LogP contribution in [0.5, 0.6) is 5.88 Å². The summed E-state index contributed by atoms with van der Waals surface area (Å²) < 4.78 is 5.56. The molecule has 0 atom stereocenters. The molecule has 0 spiro atoms. The molecule has 2 heteroatoms. The molecule has 13 heavy (non-hydrogen) atoms. The van der Waals surface area contributed by atoms with Crippen LogP contribution in [-0.2, 0) is 6.42 Å². The maximum absolute atomic E-state index is 5.56. The van der Waals surface area contributed by atoms with Gasteiger partial charge in [-0.2, -0.15) is 0 Å². The molecule has 1 heterocycles. The molecule has 1 aromatic rings. The Labute approximate surface area is 78.9 Å². The van der Waals surface area contributed by atoms with Crippen molar-refractivity contribution in [1.82, 2.24) is 4.98 Å². The summed E-state index contributed by atoms with van der Waals surface area (Å²) >= 11 is 0. The van der Waals surface area contributed by atoms with Crippen LogP contribution in [0.2, 0.25) is 0 Å². The maximum Gasteiger partial charge on any atom is 0.213 e. The third-order valence-electron chi connectivity index (χ3n) is 2.31. The number of rotatable bonds is 4. The molecule has 1 aromatic heterocycles.